The molecule has 0 spiro atoms. The van der Waals surface area contributed by atoms with E-state index in [9.17, 15) is 9.90 Å². The zero-order valence-corrected chi connectivity index (χ0v) is 13.2. The minimum atomic E-state index is -0.657. The maximum Gasteiger partial charge on any atom is 0.251 e. The van der Waals surface area contributed by atoms with Gasteiger partial charge in [0.25, 0.3) is 5.91 Å². The van der Waals surface area contributed by atoms with Crippen LogP contribution >= 0.6 is 0 Å². The van der Waals surface area contributed by atoms with Crippen LogP contribution < -0.4 is 10.6 Å². The van der Waals surface area contributed by atoms with Gasteiger partial charge in [-0.1, -0.05) is 6.07 Å². The molecule has 2 aliphatic rings. The van der Waals surface area contributed by atoms with Crippen molar-refractivity contribution in [2.45, 2.75) is 37.5 Å². The number of amides is 1. The number of rotatable bonds is 4. The molecule has 3 N–H and O–H groups in total. The first-order valence-electron chi connectivity index (χ1n) is 8.29. The second kappa shape index (κ2) is 6.33. The van der Waals surface area contributed by atoms with Gasteiger partial charge < -0.3 is 20.5 Å². The molecule has 24 heavy (non-hydrogen) atoms. The number of aliphatic hydroxyl groups excluding tert-OH is 1. The van der Waals surface area contributed by atoms with E-state index in [0.717, 1.165) is 23.7 Å². The normalized spacial score (nSPS) is 23.9. The predicted octanol–water partition coefficient (Wildman–Crippen LogP) is 1.08. The Kier molecular flexibility index (Phi) is 4.03. The van der Waals surface area contributed by atoms with Crippen LogP contribution in [0.25, 0.3) is 10.9 Å². The first-order valence-corrected chi connectivity index (χ1v) is 8.29. The lowest BCUT2D eigenvalue weighted by Crippen LogP contribution is -2.42. The van der Waals surface area contributed by atoms with Gasteiger partial charge in [0.05, 0.1) is 30.9 Å². The topological polar surface area (TPSA) is 96.4 Å². The van der Waals surface area contributed by atoms with Crippen molar-refractivity contribution < 1.29 is 14.6 Å². The highest BCUT2D eigenvalue weighted by Crippen LogP contribution is 2.22. The molecule has 0 unspecified atom stereocenters. The van der Waals surface area contributed by atoms with Gasteiger partial charge in [-0.3, -0.25) is 4.79 Å². The van der Waals surface area contributed by atoms with Crippen LogP contribution in [0.1, 0.15) is 29.6 Å². The monoisotopic (exact) mass is 328 g/mol. The maximum atomic E-state index is 12.4. The van der Waals surface area contributed by atoms with Crippen LogP contribution in [0.2, 0.25) is 0 Å². The van der Waals surface area contributed by atoms with Crippen molar-refractivity contribution in [1.82, 2.24) is 15.3 Å². The SMILES string of the molecule is O=C(N[C@@H]1COC[C@H]1O)c1ccc2cnc(NC3CCC3)nc2c1. The summed E-state index contributed by atoms with van der Waals surface area (Å²) in [6.07, 6.45) is 4.65. The highest BCUT2D eigenvalue weighted by Gasteiger charge is 2.28. The standard InChI is InChI=1S/C17H20N4O3/c22-15-9-24-8-14(15)20-16(23)10-4-5-11-7-18-17(21-13(11)6-10)19-12-2-1-3-12/h4-7,12,14-15,22H,1-3,8-9H2,(H,20,23)(H,18,19,21)/t14-,15-/m1/s1. The van der Waals surface area contributed by atoms with E-state index in [1.807, 2.05) is 6.07 Å². The lowest BCUT2D eigenvalue weighted by atomic mass is 9.93. The van der Waals surface area contributed by atoms with Crippen LogP contribution in [0.3, 0.4) is 0 Å². The molecule has 2 atom stereocenters. The van der Waals surface area contributed by atoms with Crippen LogP contribution in [0.5, 0.6) is 0 Å². The van der Waals surface area contributed by atoms with Gasteiger partial charge in [0.15, 0.2) is 0 Å². The third-order valence-corrected chi connectivity index (χ3v) is 4.65. The second-order valence-corrected chi connectivity index (χ2v) is 6.42. The smallest absolute Gasteiger partial charge is 0.251 e. The van der Waals surface area contributed by atoms with Crippen molar-refractivity contribution in [2.75, 3.05) is 18.5 Å². The van der Waals surface area contributed by atoms with Crippen molar-refractivity contribution in [3.05, 3.63) is 30.0 Å². The molecular weight excluding hydrogens is 308 g/mol. The number of hydrogen-bond donors (Lipinski definition) is 3. The number of nitrogens with one attached hydrogen (secondary N) is 2. The molecule has 0 radical (unpaired) electrons. The Bertz CT molecular complexity index is 763. The Hall–Kier alpha value is -2.25. The first-order chi connectivity index (χ1) is 11.7. The molecule has 1 amide bonds. The highest BCUT2D eigenvalue weighted by atomic mass is 16.5. The summed E-state index contributed by atoms with van der Waals surface area (Å²) in [5, 5.41) is 16.7. The average molecular weight is 328 g/mol. The molecule has 1 saturated heterocycles. The maximum absolute atomic E-state index is 12.4. The Balaban J connectivity index is 1.53. The number of anilines is 1. The van der Waals surface area contributed by atoms with E-state index in [1.165, 1.54) is 6.42 Å². The van der Waals surface area contributed by atoms with Gasteiger partial charge in [0, 0.05) is 23.2 Å². The average Bonchev–Trinajstić information content (AvgIpc) is 2.95. The van der Waals surface area contributed by atoms with E-state index in [1.54, 1.807) is 18.3 Å². The number of fused-ring (bicyclic) bond motifs is 1. The largest absolute Gasteiger partial charge is 0.388 e. The van der Waals surface area contributed by atoms with Gasteiger partial charge in [-0.15, -0.1) is 0 Å². The quantitative estimate of drug-likeness (QED) is 0.777. The van der Waals surface area contributed by atoms with Crippen molar-refractivity contribution >= 4 is 22.8 Å². The van der Waals surface area contributed by atoms with E-state index in [4.69, 9.17) is 4.74 Å². The van der Waals surface area contributed by atoms with Crippen molar-refractivity contribution in [1.29, 1.82) is 0 Å². The van der Waals surface area contributed by atoms with Gasteiger partial charge in [0.2, 0.25) is 5.95 Å². The van der Waals surface area contributed by atoms with E-state index >= 15 is 0 Å². The molecule has 7 nitrogen and oxygen atoms in total. The lowest BCUT2D eigenvalue weighted by Gasteiger charge is -2.26. The fourth-order valence-electron chi connectivity index (χ4n) is 2.90. The summed E-state index contributed by atoms with van der Waals surface area (Å²) in [6, 6.07) is 5.41. The molecule has 2 fully saturated rings. The number of aliphatic hydroxyl groups is 1. The summed E-state index contributed by atoms with van der Waals surface area (Å²) in [4.78, 5) is 21.2. The van der Waals surface area contributed by atoms with Gasteiger partial charge in [-0.25, -0.2) is 9.97 Å². The number of benzene rings is 1. The fourth-order valence-corrected chi connectivity index (χ4v) is 2.90. The molecule has 2 aromatic rings. The number of ether oxygens (including phenoxy) is 1. The van der Waals surface area contributed by atoms with E-state index in [0.29, 0.717) is 24.2 Å². The number of hydrogen-bond acceptors (Lipinski definition) is 6. The molecular formula is C17H20N4O3. The Labute approximate surface area is 139 Å². The molecule has 1 aliphatic carbocycles. The van der Waals surface area contributed by atoms with E-state index < -0.39 is 6.10 Å². The molecule has 126 valence electrons. The number of nitrogens with zero attached hydrogens (tertiary/aromatic N) is 2. The van der Waals surface area contributed by atoms with Crippen molar-refractivity contribution in [3.63, 3.8) is 0 Å². The molecule has 4 rings (SSSR count). The van der Waals surface area contributed by atoms with Crippen molar-refractivity contribution in [3.8, 4) is 0 Å². The molecule has 1 aromatic heterocycles. The molecule has 1 saturated carbocycles. The minimum absolute atomic E-state index is 0.237. The van der Waals surface area contributed by atoms with Crippen LogP contribution in [0.15, 0.2) is 24.4 Å². The van der Waals surface area contributed by atoms with Gasteiger partial charge in [-0.05, 0) is 31.4 Å². The summed E-state index contributed by atoms with van der Waals surface area (Å²) in [5.41, 5.74) is 1.23. The van der Waals surface area contributed by atoms with E-state index in [2.05, 4.69) is 20.6 Å². The third kappa shape index (κ3) is 3.05. The van der Waals surface area contributed by atoms with Crippen LogP contribution in [-0.4, -0.2) is 52.4 Å². The molecule has 1 aromatic carbocycles. The first kappa shape index (κ1) is 15.3. The third-order valence-electron chi connectivity index (χ3n) is 4.65. The molecule has 0 bridgehead atoms. The Morgan fingerprint density at radius 3 is 2.88 bits per heavy atom. The molecule has 2 heterocycles. The van der Waals surface area contributed by atoms with Gasteiger partial charge in [0.1, 0.15) is 0 Å². The lowest BCUT2D eigenvalue weighted by molar-refractivity contribution is 0.0886. The number of aromatic nitrogens is 2. The Morgan fingerprint density at radius 1 is 1.29 bits per heavy atom. The fraction of sp³-hybridized carbons (Fsp3) is 0.471. The molecule has 7 heteroatoms. The predicted molar refractivity (Wildman–Crippen MR) is 88.9 cm³/mol. The second-order valence-electron chi connectivity index (χ2n) is 6.42. The van der Waals surface area contributed by atoms with Gasteiger partial charge in [-0.2, -0.15) is 0 Å². The van der Waals surface area contributed by atoms with E-state index in [-0.39, 0.29) is 18.6 Å². The zero-order valence-electron chi connectivity index (χ0n) is 13.2. The number of carbonyl (C=O) groups excluding carboxylic acids is 1. The summed E-state index contributed by atoms with van der Waals surface area (Å²) in [6.45, 7) is 0.588. The summed E-state index contributed by atoms with van der Waals surface area (Å²) < 4.78 is 5.15. The van der Waals surface area contributed by atoms with Crippen LogP contribution in [0.4, 0.5) is 5.95 Å². The summed E-state index contributed by atoms with van der Waals surface area (Å²) in [7, 11) is 0. The number of carbonyl (C=O) groups is 1. The van der Waals surface area contributed by atoms with Crippen molar-refractivity contribution in [2.24, 2.45) is 0 Å². The summed E-state index contributed by atoms with van der Waals surface area (Å²) in [5.74, 6) is 0.364. The zero-order chi connectivity index (χ0) is 16.5. The molecule has 1 aliphatic heterocycles. The highest BCUT2D eigenvalue weighted by molar-refractivity contribution is 5.98. The van der Waals surface area contributed by atoms with Crippen LogP contribution in [-0.2, 0) is 4.74 Å². The summed E-state index contributed by atoms with van der Waals surface area (Å²) >= 11 is 0. The van der Waals surface area contributed by atoms with Crippen LogP contribution in [0, 0.1) is 0 Å². The van der Waals surface area contributed by atoms with Gasteiger partial charge >= 0.3 is 0 Å². The minimum Gasteiger partial charge on any atom is -0.388 e. The Morgan fingerprint density at radius 2 is 2.17 bits per heavy atom.